The Hall–Kier alpha value is -1.10. The zero-order valence-corrected chi connectivity index (χ0v) is 9.39. The normalized spacial score (nSPS) is 18.5. The summed E-state index contributed by atoms with van der Waals surface area (Å²) in [7, 11) is 0. The third-order valence-electron chi connectivity index (χ3n) is 3.12. The van der Waals surface area contributed by atoms with Crippen LogP contribution >= 0.6 is 0 Å². The standard InChI is InChI=1S/C11H19NO4/c13-10(14)2-1-9-3-6-12(7-4-9)8-5-11(15)16/h9H,1-8H2,(H,13,14)(H,15,16). The molecule has 0 atom stereocenters. The van der Waals surface area contributed by atoms with E-state index in [9.17, 15) is 9.59 Å². The molecule has 0 aromatic heterocycles. The van der Waals surface area contributed by atoms with E-state index in [0.717, 1.165) is 32.4 Å². The van der Waals surface area contributed by atoms with Crippen molar-refractivity contribution in [2.45, 2.75) is 32.1 Å². The van der Waals surface area contributed by atoms with Gasteiger partial charge >= 0.3 is 11.9 Å². The van der Waals surface area contributed by atoms with Gasteiger partial charge in [-0.2, -0.15) is 0 Å². The number of aliphatic carboxylic acids is 2. The number of carboxylic acid groups (broad SMARTS) is 2. The van der Waals surface area contributed by atoms with Gasteiger partial charge in [-0.05, 0) is 38.3 Å². The molecule has 1 heterocycles. The molecule has 0 unspecified atom stereocenters. The van der Waals surface area contributed by atoms with Gasteiger partial charge in [0, 0.05) is 13.0 Å². The van der Waals surface area contributed by atoms with Crippen molar-refractivity contribution < 1.29 is 19.8 Å². The van der Waals surface area contributed by atoms with Crippen molar-refractivity contribution in [2.24, 2.45) is 5.92 Å². The van der Waals surface area contributed by atoms with Crippen molar-refractivity contribution in [1.29, 1.82) is 0 Å². The lowest BCUT2D eigenvalue weighted by Gasteiger charge is -2.31. The zero-order chi connectivity index (χ0) is 12.0. The molecule has 16 heavy (non-hydrogen) atoms. The Balaban J connectivity index is 2.13. The second kappa shape index (κ2) is 6.48. The minimum absolute atomic E-state index is 0.194. The van der Waals surface area contributed by atoms with Gasteiger partial charge in [-0.3, -0.25) is 9.59 Å². The molecule has 5 heteroatoms. The Bertz CT molecular complexity index is 220. The van der Waals surface area contributed by atoms with E-state index in [1.807, 2.05) is 0 Å². The topological polar surface area (TPSA) is 77.8 Å². The Morgan fingerprint density at radius 1 is 1.06 bits per heavy atom. The Labute approximate surface area is 95.1 Å². The van der Waals surface area contributed by atoms with Gasteiger partial charge in [0.1, 0.15) is 0 Å². The maximum atomic E-state index is 10.4. The van der Waals surface area contributed by atoms with Gasteiger partial charge in [-0.1, -0.05) is 0 Å². The smallest absolute Gasteiger partial charge is 0.304 e. The van der Waals surface area contributed by atoms with E-state index < -0.39 is 11.9 Å². The quantitative estimate of drug-likeness (QED) is 0.711. The highest BCUT2D eigenvalue weighted by molar-refractivity contribution is 5.67. The van der Waals surface area contributed by atoms with E-state index in [1.165, 1.54) is 0 Å². The maximum absolute atomic E-state index is 10.4. The minimum atomic E-state index is -0.756. The number of carboxylic acids is 2. The second-order valence-corrected chi connectivity index (χ2v) is 4.36. The molecule has 0 aromatic carbocycles. The summed E-state index contributed by atoms with van der Waals surface area (Å²) in [5, 5.41) is 17.1. The molecule has 1 fully saturated rings. The monoisotopic (exact) mass is 229 g/mol. The van der Waals surface area contributed by atoms with Crippen molar-refractivity contribution >= 4 is 11.9 Å². The zero-order valence-electron chi connectivity index (χ0n) is 9.39. The molecule has 0 spiro atoms. The van der Waals surface area contributed by atoms with Gasteiger partial charge in [0.05, 0.1) is 6.42 Å². The second-order valence-electron chi connectivity index (χ2n) is 4.36. The molecule has 1 aliphatic heterocycles. The molecule has 0 radical (unpaired) electrons. The summed E-state index contributed by atoms with van der Waals surface area (Å²) in [4.78, 5) is 22.9. The van der Waals surface area contributed by atoms with E-state index in [1.54, 1.807) is 0 Å². The number of hydrogen-bond donors (Lipinski definition) is 2. The first-order valence-corrected chi connectivity index (χ1v) is 5.74. The van der Waals surface area contributed by atoms with Crippen LogP contribution in [0.5, 0.6) is 0 Å². The van der Waals surface area contributed by atoms with Gasteiger partial charge in [-0.25, -0.2) is 0 Å². The Morgan fingerprint density at radius 2 is 1.62 bits per heavy atom. The fourth-order valence-corrected chi connectivity index (χ4v) is 2.08. The molecule has 1 rings (SSSR count). The van der Waals surface area contributed by atoms with Gasteiger partial charge in [0.25, 0.3) is 0 Å². The van der Waals surface area contributed by atoms with Crippen molar-refractivity contribution in [3.05, 3.63) is 0 Å². The van der Waals surface area contributed by atoms with E-state index in [4.69, 9.17) is 10.2 Å². The lowest BCUT2D eigenvalue weighted by atomic mass is 9.92. The number of hydrogen-bond acceptors (Lipinski definition) is 3. The van der Waals surface area contributed by atoms with E-state index >= 15 is 0 Å². The van der Waals surface area contributed by atoms with E-state index in [-0.39, 0.29) is 12.8 Å². The highest BCUT2D eigenvalue weighted by Gasteiger charge is 2.19. The fraction of sp³-hybridized carbons (Fsp3) is 0.818. The van der Waals surface area contributed by atoms with Gasteiger partial charge < -0.3 is 15.1 Å². The lowest BCUT2D eigenvalue weighted by molar-refractivity contribution is -0.138. The molecule has 5 nitrogen and oxygen atoms in total. The number of nitrogens with zero attached hydrogens (tertiary/aromatic N) is 1. The van der Waals surface area contributed by atoms with Crippen LogP contribution in [0.3, 0.4) is 0 Å². The van der Waals surface area contributed by atoms with Crippen molar-refractivity contribution in [2.75, 3.05) is 19.6 Å². The van der Waals surface area contributed by atoms with Crippen molar-refractivity contribution in [1.82, 2.24) is 4.90 Å². The van der Waals surface area contributed by atoms with Crippen LogP contribution in [0.15, 0.2) is 0 Å². The molecule has 0 bridgehead atoms. The van der Waals surface area contributed by atoms with Gasteiger partial charge in [0.15, 0.2) is 0 Å². The molecule has 0 aromatic rings. The average Bonchev–Trinajstić information content (AvgIpc) is 2.25. The van der Waals surface area contributed by atoms with Gasteiger partial charge in [0.2, 0.25) is 0 Å². The number of rotatable bonds is 6. The largest absolute Gasteiger partial charge is 0.481 e. The summed E-state index contributed by atoms with van der Waals surface area (Å²) in [6.45, 7) is 2.41. The van der Waals surface area contributed by atoms with Crippen molar-refractivity contribution in [3.8, 4) is 0 Å². The fourth-order valence-electron chi connectivity index (χ4n) is 2.08. The number of likely N-dealkylation sites (tertiary alicyclic amines) is 1. The molecular formula is C11H19NO4. The van der Waals surface area contributed by atoms with Crippen LogP contribution in [0.1, 0.15) is 32.1 Å². The molecule has 1 aliphatic rings. The first-order chi connectivity index (χ1) is 7.58. The summed E-state index contributed by atoms with van der Waals surface area (Å²) < 4.78 is 0. The Morgan fingerprint density at radius 3 is 2.12 bits per heavy atom. The minimum Gasteiger partial charge on any atom is -0.481 e. The van der Waals surface area contributed by atoms with Crippen LogP contribution in [0, 0.1) is 5.92 Å². The molecule has 92 valence electrons. The van der Waals surface area contributed by atoms with Crippen LogP contribution < -0.4 is 0 Å². The number of carbonyl (C=O) groups is 2. The van der Waals surface area contributed by atoms with Crippen LogP contribution in [0.2, 0.25) is 0 Å². The molecule has 1 saturated heterocycles. The maximum Gasteiger partial charge on any atom is 0.304 e. The summed E-state index contributed by atoms with van der Waals surface area (Å²) in [6, 6.07) is 0. The molecule has 0 aliphatic carbocycles. The molecular weight excluding hydrogens is 210 g/mol. The average molecular weight is 229 g/mol. The van der Waals surface area contributed by atoms with Crippen LogP contribution in [-0.2, 0) is 9.59 Å². The third kappa shape index (κ3) is 5.11. The summed E-state index contributed by atoms with van der Waals surface area (Å²) >= 11 is 0. The predicted molar refractivity (Wildman–Crippen MR) is 58.3 cm³/mol. The lowest BCUT2D eigenvalue weighted by Crippen LogP contribution is -2.35. The van der Waals surface area contributed by atoms with E-state index in [2.05, 4.69) is 4.90 Å². The summed E-state index contributed by atoms with van der Waals surface area (Å²) in [5.74, 6) is -0.988. The first-order valence-electron chi connectivity index (χ1n) is 5.74. The number of piperidine rings is 1. The first kappa shape index (κ1) is 13.0. The van der Waals surface area contributed by atoms with E-state index in [0.29, 0.717) is 12.5 Å². The SMILES string of the molecule is O=C(O)CCC1CCN(CCC(=O)O)CC1. The summed E-state index contributed by atoms with van der Waals surface area (Å²) in [6.07, 6.45) is 3.18. The van der Waals surface area contributed by atoms with Crippen LogP contribution in [-0.4, -0.2) is 46.7 Å². The molecule has 0 amide bonds. The summed E-state index contributed by atoms with van der Waals surface area (Å²) in [5.41, 5.74) is 0. The molecule has 2 N–H and O–H groups in total. The highest BCUT2D eigenvalue weighted by Crippen LogP contribution is 2.21. The highest BCUT2D eigenvalue weighted by atomic mass is 16.4. The third-order valence-corrected chi connectivity index (χ3v) is 3.12. The molecule has 0 saturated carbocycles. The van der Waals surface area contributed by atoms with Crippen LogP contribution in [0.4, 0.5) is 0 Å². The predicted octanol–water partition coefficient (Wildman–Crippen LogP) is 1.04. The van der Waals surface area contributed by atoms with Crippen molar-refractivity contribution in [3.63, 3.8) is 0 Å². The van der Waals surface area contributed by atoms with Crippen LogP contribution in [0.25, 0.3) is 0 Å². The van der Waals surface area contributed by atoms with Gasteiger partial charge in [-0.15, -0.1) is 0 Å². The Kier molecular flexibility index (Phi) is 5.25.